The van der Waals surface area contributed by atoms with E-state index in [1.54, 1.807) is 6.07 Å². The summed E-state index contributed by atoms with van der Waals surface area (Å²) in [6.45, 7) is 0. The Labute approximate surface area is 123 Å². The van der Waals surface area contributed by atoms with E-state index in [0.717, 1.165) is 24.2 Å². The Morgan fingerprint density at radius 2 is 1.80 bits per heavy atom. The molecular formula is C17H15ClO2. The lowest BCUT2D eigenvalue weighted by atomic mass is 10.0. The van der Waals surface area contributed by atoms with Gasteiger partial charge in [0.1, 0.15) is 5.75 Å². The van der Waals surface area contributed by atoms with Gasteiger partial charge in [-0.3, -0.25) is 4.79 Å². The second-order valence-electron chi connectivity index (χ2n) is 5.03. The molecule has 3 heteroatoms. The summed E-state index contributed by atoms with van der Waals surface area (Å²) < 4.78 is 5.67. The Kier molecular flexibility index (Phi) is 3.75. The number of ether oxygens (including phenoxy) is 1. The van der Waals surface area contributed by atoms with E-state index >= 15 is 0 Å². The number of ketones is 1. The van der Waals surface area contributed by atoms with Gasteiger partial charge in [-0.05, 0) is 48.7 Å². The van der Waals surface area contributed by atoms with Gasteiger partial charge in [-0.25, -0.2) is 0 Å². The normalized spacial score (nSPS) is 14.1. The molecule has 0 atom stereocenters. The van der Waals surface area contributed by atoms with Crippen LogP contribution in [-0.4, -0.2) is 11.9 Å². The molecule has 3 rings (SSSR count). The molecule has 2 aromatic rings. The van der Waals surface area contributed by atoms with Crippen LogP contribution in [0.3, 0.4) is 0 Å². The lowest BCUT2D eigenvalue weighted by Gasteiger charge is -2.06. The Hall–Kier alpha value is -1.80. The summed E-state index contributed by atoms with van der Waals surface area (Å²) >= 11 is 6.07. The number of rotatable bonds is 5. The van der Waals surface area contributed by atoms with Gasteiger partial charge in [0.05, 0.1) is 6.10 Å². The van der Waals surface area contributed by atoms with E-state index in [1.807, 2.05) is 42.5 Å². The monoisotopic (exact) mass is 286 g/mol. The highest BCUT2D eigenvalue weighted by atomic mass is 35.5. The van der Waals surface area contributed by atoms with E-state index < -0.39 is 0 Å². The predicted molar refractivity (Wildman–Crippen MR) is 79.6 cm³/mol. The maximum Gasteiger partial charge on any atom is 0.167 e. The van der Waals surface area contributed by atoms with Crippen molar-refractivity contribution in [2.24, 2.45) is 0 Å². The van der Waals surface area contributed by atoms with Gasteiger partial charge in [-0.1, -0.05) is 29.8 Å². The van der Waals surface area contributed by atoms with Crippen molar-refractivity contribution < 1.29 is 9.53 Å². The lowest BCUT2D eigenvalue weighted by Crippen LogP contribution is -2.04. The van der Waals surface area contributed by atoms with Crippen LogP contribution in [0.4, 0.5) is 0 Å². The number of carbonyl (C=O) groups excluding carboxylic acids is 1. The van der Waals surface area contributed by atoms with E-state index in [0.29, 0.717) is 23.1 Å². The van der Waals surface area contributed by atoms with Gasteiger partial charge >= 0.3 is 0 Å². The minimum atomic E-state index is 0.0658. The molecule has 2 nitrogen and oxygen atoms in total. The molecule has 0 saturated heterocycles. The molecule has 0 aromatic heterocycles. The number of halogens is 1. The fourth-order valence-corrected chi connectivity index (χ4v) is 2.22. The minimum Gasteiger partial charge on any atom is -0.490 e. The van der Waals surface area contributed by atoms with Crippen molar-refractivity contribution in [3.05, 3.63) is 64.7 Å². The molecule has 0 N–H and O–H groups in total. The molecule has 102 valence electrons. The van der Waals surface area contributed by atoms with Crippen LogP contribution in [0.5, 0.6) is 5.75 Å². The van der Waals surface area contributed by atoms with Crippen LogP contribution in [0.2, 0.25) is 5.02 Å². The van der Waals surface area contributed by atoms with Crippen molar-refractivity contribution in [2.45, 2.75) is 25.4 Å². The molecule has 0 bridgehead atoms. The first kappa shape index (κ1) is 13.2. The average molecular weight is 287 g/mol. The molecule has 0 amide bonds. The second-order valence-corrected chi connectivity index (χ2v) is 5.44. The Morgan fingerprint density at radius 3 is 2.45 bits per heavy atom. The molecule has 20 heavy (non-hydrogen) atoms. The van der Waals surface area contributed by atoms with E-state index in [2.05, 4.69) is 0 Å². The van der Waals surface area contributed by atoms with Crippen LogP contribution in [0.15, 0.2) is 48.5 Å². The maximum atomic E-state index is 12.2. The van der Waals surface area contributed by atoms with E-state index in [-0.39, 0.29) is 5.78 Å². The summed E-state index contributed by atoms with van der Waals surface area (Å²) in [5.41, 5.74) is 1.55. The Morgan fingerprint density at radius 1 is 1.10 bits per heavy atom. The maximum absolute atomic E-state index is 12.2. The summed E-state index contributed by atoms with van der Waals surface area (Å²) in [6.07, 6.45) is 2.96. The SMILES string of the molecule is O=C(Cc1ccccc1Cl)c1ccc(OC2CC2)cc1. The van der Waals surface area contributed by atoms with Crippen molar-refractivity contribution in [1.29, 1.82) is 0 Å². The fraction of sp³-hybridized carbons (Fsp3) is 0.235. The largest absolute Gasteiger partial charge is 0.490 e. The van der Waals surface area contributed by atoms with E-state index in [9.17, 15) is 4.79 Å². The Bertz CT molecular complexity index is 615. The molecule has 1 fully saturated rings. The van der Waals surface area contributed by atoms with Gasteiger partial charge in [-0.15, -0.1) is 0 Å². The number of hydrogen-bond donors (Lipinski definition) is 0. The number of benzene rings is 2. The molecule has 2 aromatic carbocycles. The van der Waals surface area contributed by atoms with Crippen LogP contribution in [0, 0.1) is 0 Å². The van der Waals surface area contributed by atoms with Gasteiger partial charge in [0.25, 0.3) is 0 Å². The van der Waals surface area contributed by atoms with Crippen LogP contribution in [0.25, 0.3) is 0 Å². The highest BCUT2D eigenvalue weighted by Crippen LogP contribution is 2.27. The quantitative estimate of drug-likeness (QED) is 0.766. The first-order valence-electron chi connectivity index (χ1n) is 6.76. The van der Waals surface area contributed by atoms with Gasteiger partial charge in [0.15, 0.2) is 5.78 Å². The summed E-state index contributed by atoms with van der Waals surface area (Å²) in [7, 11) is 0. The Balaban J connectivity index is 1.68. The molecule has 1 saturated carbocycles. The minimum absolute atomic E-state index is 0.0658. The summed E-state index contributed by atoms with van der Waals surface area (Å²) in [5.74, 6) is 0.901. The van der Waals surface area contributed by atoms with Crippen molar-refractivity contribution in [1.82, 2.24) is 0 Å². The highest BCUT2D eigenvalue weighted by Gasteiger charge is 2.23. The van der Waals surface area contributed by atoms with Crippen LogP contribution < -0.4 is 4.74 Å². The third kappa shape index (κ3) is 3.20. The van der Waals surface area contributed by atoms with Crippen molar-refractivity contribution in [3.8, 4) is 5.75 Å². The molecule has 0 radical (unpaired) electrons. The average Bonchev–Trinajstić information content (AvgIpc) is 3.26. The zero-order chi connectivity index (χ0) is 13.9. The molecule has 0 unspecified atom stereocenters. The molecule has 1 aliphatic carbocycles. The van der Waals surface area contributed by atoms with Gasteiger partial charge in [-0.2, -0.15) is 0 Å². The number of Topliss-reactive ketones (excluding diaryl/α,β-unsaturated/α-hetero) is 1. The summed E-state index contributed by atoms with van der Waals surface area (Å²) in [4.78, 5) is 12.2. The molecular weight excluding hydrogens is 272 g/mol. The van der Waals surface area contributed by atoms with Crippen molar-refractivity contribution in [2.75, 3.05) is 0 Å². The van der Waals surface area contributed by atoms with Crippen LogP contribution in [0.1, 0.15) is 28.8 Å². The number of carbonyl (C=O) groups is 1. The highest BCUT2D eigenvalue weighted by molar-refractivity contribution is 6.31. The first-order chi connectivity index (χ1) is 9.72. The standard InChI is InChI=1S/C17H15ClO2/c18-16-4-2-1-3-13(16)11-17(19)12-5-7-14(8-6-12)20-15-9-10-15/h1-8,15H,9-11H2. The zero-order valence-corrected chi connectivity index (χ0v) is 11.8. The van der Waals surface area contributed by atoms with Crippen molar-refractivity contribution >= 4 is 17.4 Å². The van der Waals surface area contributed by atoms with Crippen molar-refractivity contribution in [3.63, 3.8) is 0 Å². The van der Waals surface area contributed by atoms with E-state index in [1.165, 1.54) is 0 Å². The molecule has 0 aliphatic heterocycles. The summed E-state index contributed by atoms with van der Waals surface area (Å²) in [5, 5.41) is 0.634. The first-order valence-corrected chi connectivity index (χ1v) is 7.13. The van der Waals surface area contributed by atoms with Gasteiger partial charge in [0, 0.05) is 17.0 Å². The molecule has 1 aliphatic rings. The van der Waals surface area contributed by atoms with E-state index in [4.69, 9.17) is 16.3 Å². The van der Waals surface area contributed by atoms with Gasteiger partial charge in [0.2, 0.25) is 0 Å². The predicted octanol–water partition coefficient (Wildman–Crippen LogP) is 4.31. The number of hydrogen-bond acceptors (Lipinski definition) is 2. The molecule has 0 heterocycles. The third-order valence-electron chi connectivity index (χ3n) is 3.31. The summed E-state index contributed by atoms with van der Waals surface area (Å²) in [6, 6.07) is 14.8. The fourth-order valence-electron chi connectivity index (χ4n) is 2.01. The second kappa shape index (κ2) is 5.68. The smallest absolute Gasteiger partial charge is 0.167 e. The zero-order valence-electron chi connectivity index (χ0n) is 11.0. The molecule has 0 spiro atoms. The van der Waals surface area contributed by atoms with Gasteiger partial charge < -0.3 is 4.74 Å². The van der Waals surface area contributed by atoms with Crippen LogP contribution in [-0.2, 0) is 6.42 Å². The topological polar surface area (TPSA) is 26.3 Å². The van der Waals surface area contributed by atoms with Crippen LogP contribution >= 0.6 is 11.6 Å². The third-order valence-corrected chi connectivity index (χ3v) is 3.68. The lowest BCUT2D eigenvalue weighted by molar-refractivity contribution is 0.0993.